The van der Waals surface area contributed by atoms with Gasteiger partial charge in [0.1, 0.15) is 47.9 Å². The second-order valence-electron chi connectivity index (χ2n) is 26.4. The zero-order chi connectivity index (χ0) is 75.9. The fourth-order valence-electron chi connectivity index (χ4n) is 13.5. The molecule has 0 aliphatic carbocycles. The molecule has 22 heteroatoms. The Kier molecular flexibility index (Phi) is 24.0. The fraction of sp³-hybridized carbons (Fsp3) is 0.209. The molecule has 16 rings (SSSR count). The minimum atomic E-state index is -0.293. The van der Waals surface area contributed by atoms with Crippen molar-refractivity contribution < 1.29 is 36.7 Å². The first-order chi connectivity index (χ1) is 52.2. The lowest BCUT2D eigenvalue weighted by Gasteiger charge is -2.43. The first-order valence-corrected chi connectivity index (χ1v) is 39.6. The van der Waals surface area contributed by atoms with Gasteiger partial charge in [0.15, 0.2) is 0 Å². The number of hydrogen-bond acceptors (Lipinski definition) is 12. The van der Waals surface area contributed by atoms with E-state index in [2.05, 4.69) is 97.1 Å². The molecule has 4 unspecified atom stereocenters. The highest BCUT2D eigenvalue weighted by Gasteiger charge is 2.40. The summed E-state index contributed by atoms with van der Waals surface area (Å²) in [5.41, 5.74) is 10.5. The van der Waals surface area contributed by atoms with Crippen LogP contribution < -0.4 is 20.9 Å². The average Bonchev–Trinajstić information content (AvgIpc) is 1.14. The molecule has 8 heterocycles. The molecule has 0 bridgehead atoms. The fourth-order valence-corrected chi connectivity index (χ4v) is 18.0. The van der Waals surface area contributed by atoms with Crippen molar-refractivity contribution in [1.29, 1.82) is 0 Å². The molecule has 4 aromatic heterocycles. The van der Waals surface area contributed by atoms with Crippen molar-refractivity contribution in [1.82, 2.24) is 19.6 Å². The second kappa shape index (κ2) is 34.0. The van der Waals surface area contributed by atoms with Gasteiger partial charge < -0.3 is 40.4 Å². The number of halogens is 6. The van der Waals surface area contributed by atoms with Crippen LogP contribution in [-0.4, -0.2) is 50.3 Å². The number of para-hydroxylation sites is 2. The Morgan fingerprint density at radius 2 is 0.731 bits per heavy atom. The minimum Gasteiger partial charge on any atom is -0.360 e. The van der Waals surface area contributed by atoms with Gasteiger partial charge in [0, 0.05) is 88.0 Å². The van der Waals surface area contributed by atoms with Crippen molar-refractivity contribution >= 4 is 115 Å². The van der Waals surface area contributed by atoms with Gasteiger partial charge >= 0.3 is 0 Å². The Hall–Kier alpha value is -10.1. The molecule has 0 fully saturated rings. The number of hydrogen-bond donors (Lipinski definition) is 3. The van der Waals surface area contributed by atoms with Gasteiger partial charge in [-0.2, -0.15) is 0 Å². The second-order valence-corrected chi connectivity index (χ2v) is 32.1. The van der Waals surface area contributed by atoms with Crippen LogP contribution in [0.3, 0.4) is 0 Å². The van der Waals surface area contributed by atoms with Crippen LogP contribution in [0.25, 0.3) is 0 Å². The first-order valence-electron chi connectivity index (χ1n) is 35.6. The molecule has 4 aliphatic heterocycles. The largest absolute Gasteiger partial charge is 0.360 e. The lowest BCUT2D eigenvalue weighted by Crippen LogP contribution is -2.47. The van der Waals surface area contributed by atoms with E-state index in [1.54, 1.807) is 134 Å². The van der Waals surface area contributed by atoms with E-state index in [-0.39, 0.29) is 71.6 Å². The lowest BCUT2D eigenvalue weighted by molar-refractivity contribution is 0.0636. The Morgan fingerprint density at radius 3 is 1.19 bits per heavy atom. The molecule has 8 aromatic carbocycles. The summed E-state index contributed by atoms with van der Waals surface area (Å²) in [5.74, 6) is -1.28. The zero-order valence-corrected chi connectivity index (χ0v) is 64.9. The van der Waals surface area contributed by atoms with Crippen molar-refractivity contribution in [3.8, 4) is 0 Å². The van der Waals surface area contributed by atoms with Gasteiger partial charge in [-0.1, -0.05) is 124 Å². The summed E-state index contributed by atoms with van der Waals surface area (Å²) in [4.78, 5) is 72.1. The molecule has 12 aromatic rings. The van der Waals surface area contributed by atoms with E-state index in [9.17, 15) is 36.7 Å². The number of thiophene rings is 4. The third-order valence-corrected chi connectivity index (χ3v) is 24.8. The summed E-state index contributed by atoms with van der Waals surface area (Å²) in [6.45, 7) is 12.1. The third kappa shape index (κ3) is 17.1. The SMILES string of the molecule is CCc1ccc(C2N(Cc3ccc(F)cc3)C(=O)c3ccccc3N2C)s1.CCc1ccc(C2Nc3c(C)cccc3C(=O)N2Cc2ccc(F)cc2)s1.CCc1ccc(C2Nc3cc(Cl)ccc3C(=O)N2Cc2ccc(F)cc2)s1.CCc1ccc(C2Nc3ccc(Cl)cc3C(=O)N2Cc2ccc(F)cc2)s1. The molecule has 0 spiro atoms. The smallest absolute Gasteiger partial charge is 0.258 e. The van der Waals surface area contributed by atoms with E-state index >= 15 is 0 Å². The number of amides is 4. The molecular formula is C86H78Cl2F4N8O4S4. The Morgan fingerprint density at radius 1 is 0.361 bits per heavy atom. The quantitative estimate of drug-likeness (QED) is 0.0818. The monoisotopic (exact) mass is 1560 g/mol. The van der Waals surface area contributed by atoms with Gasteiger partial charge in [0.2, 0.25) is 0 Å². The molecule has 552 valence electrons. The van der Waals surface area contributed by atoms with Crippen LogP contribution >= 0.6 is 68.5 Å². The maximum Gasteiger partial charge on any atom is 0.258 e. The average molecular weight is 1560 g/mol. The Balaban J connectivity index is 0.000000127. The first kappa shape index (κ1) is 76.1. The van der Waals surface area contributed by atoms with E-state index in [1.807, 2.05) is 72.3 Å². The van der Waals surface area contributed by atoms with Crippen LogP contribution in [0.5, 0.6) is 0 Å². The molecule has 0 saturated heterocycles. The number of nitrogens with zero attached hydrogens (tertiary/aromatic N) is 5. The van der Waals surface area contributed by atoms with E-state index in [0.717, 1.165) is 95.8 Å². The van der Waals surface area contributed by atoms with Crippen molar-refractivity contribution in [2.45, 2.75) is 111 Å². The zero-order valence-electron chi connectivity index (χ0n) is 60.1. The number of carbonyl (C=O) groups excluding carboxylic acids is 4. The van der Waals surface area contributed by atoms with Crippen LogP contribution in [0, 0.1) is 30.2 Å². The number of carbonyl (C=O) groups is 4. The van der Waals surface area contributed by atoms with Crippen molar-refractivity contribution in [2.75, 3.05) is 27.9 Å². The molecule has 4 atom stereocenters. The normalized spacial score (nSPS) is 16.3. The number of nitrogens with one attached hydrogen (secondary N) is 3. The predicted octanol–water partition coefficient (Wildman–Crippen LogP) is 22.5. The summed E-state index contributed by atoms with van der Waals surface area (Å²) in [6.07, 6.45) is 2.87. The highest BCUT2D eigenvalue weighted by Crippen LogP contribution is 2.44. The lowest BCUT2D eigenvalue weighted by atomic mass is 10.0. The van der Waals surface area contributed by atoms with Crippen molar-refractivity contribution in [3.63, 3.8) is 0 Å². The summed E-state index contributed by atoms with van der Waals surface area (Å²) in [6, 6.07) is 66.0. The van der Waals surface area contributed by atoms with Gasteiger partial charge in [0.25, 0.3) is 23.6 Å². The van der Waals surface area contributed by atoms with Crippen LogP contribution in [0.15, 0.2) is 224 Å². The molecule has 3 N–H and O–H groups in total. The van der Waals surface area contributed by atoms with Gasteiger partial charge in [-0.15, -0.1) is 45.3 Å². The summed E-state index contributed by atoms with van der Waals surface area (Å²) in [7, 11) is 2.03. The highest BCUT2D eigenvalue weighted by atomic mass is 35.5. The Bertz CT molecular complexity index is 5150. The van der Waals surface area contributed by atoms with Crippen molar-refractivity contribution in [2.24, 2.45) is 0 Å². The summed E-state index contributed by atoms with van der Waals surface area (Å²) in [5, 5.41) is 11.6. The topological polar surface area (TPSA) is 121 Å². The van der Waals surface area contributed by atoms with Crippen LogP contribution in [0.4, 0.5) is 40.3 Å². The summed E-state index contributed by atoms with van der Waals surface area (Å²) < 4.78 is 53.1. The van der Waals surface area contributed by atoms with Gasteiger partial charge in [-0.3, -0.25) is 19.2 Å². The van der Waals surface area contributed by atoms with E-state index in [4.69, 9.17) is 23.2 Å². The predicted molar refractivity (Wildman–Crippen MR) is 431 cm³/mol. The van der Waals surface area contributed by atoms with Gasteiger partial charge in [-0.25, -0.2) is 17.6 Å². The number of rotatable bonds is 16. The third-order valence-electron chi connectivity index (χ3n) is 19.2. The van der Waals surface area contributed by atoms with Gasteiger partial charge in [0.05, 0.1) is 39.3 Å². The summed E-state index contributed by atoms with van der Waals surface area (Å²) >= 11 is 19.1. The Labute approximate surface area is 652 Å². The maximum absolute atomic E-state index is 13.3. The highest BCUT2D eigenvalue weighted by molar-refractivity contribution is 7.13. The number of benzene rings is 8. The molecular weight excluding hydrogens is 1480 g/mol. The number of fused-ring (bicyclic) bond motifs is 4. The van der Waals surface area contributed by atoms with Crippen LogP contribution in [-0.2, 0) is 51.9 Å². The molecule has 12 nitrogen and oxygen atoms in total. The van der Waals surface area contributed by atoms with Crippen LogP contribution in [0.1, 0.15) is 161 Å². The molecule has 4 aliphatic rings. The standard InChI is InChI=1S/2C22H21FN2OS.2C21H18ClFN2OS/c1-3-17-11-12-19(27-17)21-24-20-14(2)5-4-6-18(20)22(26)25(21)13-15-7-9-16(23)10-8-15;1-3-17-12-13-20(27-17)21-24(2)19-7-5-4-6-18(19)22(26)25(21)14-15-8-10-16(23)11-9-15;1-2-16-8-10-19(27-16)20-24-18-9-5-14(22)11-17(18)21(26)25(20)12-13-3-6-15(23)7-4-13;1-2-16-8-10-19(27-16)20-24-18-11-14(22)5-9-17(18)21(26)25(20)12-13-3-6-15(23)7-4-13/h4-12,21,24H,3,13H2,1-2H3;4-13,21H,3,14H2,1-2H3;2*3-11,20,24H,2,12H2,1H3. The molecule has 0 saturated carbocycles. The maximum atomic E-state index is 13.3. The molecule has 4 amide bonds. The van der Waals surface area contributed by atoms with Crippen molar-refractivity contribution in [3.05, 3.63) is 347 Å². The number of aryl methyl sites for hydroxylation is 5. The van der Waals surface area contributed by atoms with E-state index in [1.165, 1.54) is 68.0 Å². The van der Waals surface area contributed by atoms with E-state index in [0.29, 0.717) is 58.5 Å². The van der Waals surface area contributed by atoms with E-state index < -0.39 is 0 Å². The molecule has 0 radical (unpaired) electrons. The molecule has 108 heavy (non-hydrogen) atoms. The van der Waals surface area contributed by atoms with Gasteiger partial charge in [-0.05, 0) is 212 Å². The van der Waals surface area contributed by atoms with Crippen LogP contribution in [0.2, 0.25) is 10.0 Å². The minimum absolute atomic E-state index is 0.00414. The number of anilines is 4.